The number of hydrogen-bond acceptors (Lipinski definition) is 3. The van der Waals surface area contributed by atoms with Gasteiger partial charge in [0, 0.05) is 32.2 Å². The normalized spacial score (nSPS) is 25.3. The third kappa shape index (κ3) is 4.52. The third-order valence-corrected chi connectivity index (χ3v) is 5.20. The number of carbonyl (C=O) groups excluding carboxylic acids is 1. The molecule has 1 aromatic carbocycles. The van der Waals surface area contributed by atoms with E-state index < -0.39 is 18.8 Å². The van der Waals surface area contributed by atoms with Crippen molar-refractivity contribution in [2.45, 2.75) is 37.6 Å². The maximum absolute atomic E-state index is 12.6. The maximum Gasteiger partial charge on any atom is 0.406 e. The molecule has 2 aliphatic rings. The molecule has 0 radical (unpaired) electrons. The van der Waals surface area contributed by atoms with Gasteiger partial charge in [-0.15, -0.1) is 0 Å². The van der Waals surface area contributed by atoms with Crippen molar-refractivity contribution in [3.05, 3.63) is 35.9 Å². The van der Waals surface area contributed by atoms with Gasteiger partial charge in [-0.1, -0.05) is 30.3 Å². The summed E-state index contributed by atoms with van der Waals surface area (Å²) in [5.41, 5.74) is 1.25. The van der Waals surface area contributed by atoms with Gasteiger partial charge >= 0.3 is 6.18 Å². The lowest BCUT2D eigenvalue weighted by atomic mass is 10.1. The average molecular weight is 355 g/mol. The van der Waals surface area contributed by atoms with E-state index in [-0.39, 0.29) is 18.5 Å². The molecule has 3 rings (SSSR count). The Labute approximate surface area is 146 Å². The van der Waals surface area contributed by atoms with E-state index in [0.717, 1.165) is 31.0 Å². The van der Waals surface area contributed by atoms with E-state index in [1.807, 2.05) is 30.1 Å². The van der Waals surface area contributed by atoms with Crippen LogP contribution in [0.15, 0.2) is 30.3 Å². The van der Waals surface area contributed by atoms with Gasteiger partial charge < -0.3 is 4.90 Å². The predicted octanol–water partition coefficient (Wildman–Crippen LogP) is 2.36. The van der Waals surface area contributed by atoms with Crippen molar-refractivity contribution in [3.63, 3.8) is 0 Å². The summed E-state index contributed by atoms with van der Waals surface area (Å²) in [6, 6.07) is 9.98. The molecule has 2 heterocycles. The van der Waals surface area contributed by atoms with Crippen molar-refractivity contribution < 1.29 is 18.0 Å². The number of likely N-dealkylation sites (tertiary alicyclic amines) is 2. The standard InChI is InChI=1S/C18H24F3N3O/c1-22(16-8-10-24(17(16)25)13-18(19,20)21)15-7-9-23(12-15)11-14-5-3-2-4-6-14/h2-6,15-16H,7-13H2,1H3/t15-,16+/m0/s1. The Bertz CT molecular complexity index is 593. The highest BCUT2D eigenvalue weighted by Gasteiger charge is 2.42. The molecule has 2 atom stereocenters. The predicted molar refractivity (Wildman–Crippen MR) is 88.9 cm³/mol. The molecule has 1 amide bonds. The molecule has 0 saturated carbocycles. The minimum absolute atomic E-state index is 0.188. The largest absolute Gasteiger partial charge is 0.406 e. The lowest BCUT2D eigenvalue weighted by Gasteiger charge is -2.29. The van der Waals surface area contributed by atoms with E-state index in [9.17, 15) is 18.0 Å². The van der Waals surface area contributed by atoms with Gasteiger partial charge in [0.15, 0.2) is 0 Å². The Morgan fingerprint density at radius 2 is 1.88 bits per heavy atom. The number of hydrogen-bond donors (Lipinski definition) is 0. The molecular weight excluding hydrogens is 331 g/mol. The van der Waals surface area contributed by atoms with Gasteiger partial charge in [0.1, 0.15) is 6.54 Å². The van der Waals surface area contributed by atoms with Crippen LogP contribution in [0.25, 0.3) is 0 Å². The third-order valence-electron chi connectivity index (χ3n) is 5.20. The Kier molecular flexibility index (Phi) is 5.34. The number of alkyl halides is 3. The van der Waals surface area contributed by atoms with Crippen molar-refractivity contribution in [1.29, 1.82) is 0 Å². The van der Waals surface area contributed by atoms with Gasteiger partial charge in [-0.2, -0.15) is 13.2 Å². The second kappa shape index (κ2) is 7.33. The van der Waals surface area contributed by atoms with Crippen LogP contribution in [0.5, 0.6) is 0 Å². The second-order valence-electron chi connectivity index (χ2n) is 7.01. The minimum Gasteiger partial charge on any atom is -0.332 e. The van der Waals surface area contributed by atoms with Crippen LogP contribution in [0.3, 0.4) is 0 Å². The van der Waals surface area contributed by atoms with Crippen LogP contribution in [-0.2, 0) is 11.3 Å². The van der Waals surface area contributed by atoms with Gasteiger partial charge in [0.05, 0.1) is 6.04 Å². The van der Waals surface area contributed by atoms with Gasteiger partial charge in [-0.25, -0.2) is 0 Å². The van der Waals surface area contributed by atoms with Crippen LogP contribution in [0.1, 0.15) is 18.4 Å². The molecule has 2 aliphatic heterocycles. The highest BCUT2D eigenvalue weighted by Crippen LogP contribution is 2.26. The van der Waals surface area contributed by atoms with E-state index in [4.69, 9.17) is 0 Å². The fourth-order valence-electron chi connectivity index (χ4n) is 3.86. The first-order valence-corrected chi connectivity index (χ1v) is 8.67. The molecule has 0 bridgehead atoms. The Morgan fingerprint density at radius 3 is 2.56 bits per heavy atom. The number of rotatable bonds is 5. The molecule has 0 N–H and O–H groups in total. The van der Waals surface area contributed by atoms with Gasteiger partial charge in [-0.3, -0.25) is 14.6 Å². The summed E-state index contributed by atoms with van der Waals surface area (Å²) in [6.07, 6.45) is -2.92. The van der Waals surface area contributed by atoms with E-state index in [1.165, 1.54) is 5.56 Å². The summed E-state index contributed by atoms with van der Waals surface area (Å²) in [5.74, 6) is -0.388. The van der Waals surface area contributed by atoms with Crippen LogP contribution in [0, 0.1) is 0 Å². The highest BCUT2D eigenvalue weighted by atomic mass is 19.4. The van der Waals surface area contributed by atoms with Crippen molar-refractivity contribution in [3.8, 4) is 0 Å². The van der Waals surface area contributed by atoms with Gasteiger partial charge in [-0.05, 0) is 25.5 Å². The van der Waals surface area contributed by atoms with E-state index in [0.29, 0.717) is 6.42 Å². The summed E-state index contributed by atoms with van der Waals surface area (Å²) in [7, 11) is 1.87. The number of amides is 1. The number of nitrogens with zero attached hydrogens (tertiary/aromatic N) is 3. The fourth-order valence-corrected chi connectivity index (χ4v) is 3.86. The minimum atomic E-state index is -4.33. The Hall–Kier alpha value is -1.60. The van der Waals surface area contributed by atoms with Crippen LogP contribution in [-0.4, -0.2) is 72.1 Å². The smallest absolute Gasteiger partial charge is 0.332 e. The number of carbonyl (C=O) groups is 1. The zero-order valence-electron chi connectivity index (χ0n) is 14.4. The lowest BCUT2D eigenvalue weighted by Crippen LogP contribution is -2.47. The number of halogens is 3. The van der Waals surface area contributed by atoms with Gasteiger partial charge in [0.2, 0.25) is 5.91 Å². The molecular formula is C18H24F3N3O. The second-order valence-corrected chi connectivity index (χ2v) is 7.01. The van der Waals surface area contributed by atoms with Crippen LogP contribution in [0.4, 0.5) is 13.2 Å². The lowest BCUT2D eigenvalue weighted by molar-refractivity contribution is -0.159. The summed E-state index contributed by atoms with van der Waals surface area (Å²) < 4.78 is 37.7. The average Bonchev–Trinajstić information content (AvgIpc) is 3.14. The van der Waals surface area contributed by atoms with E-state index >= 15 is 0 Å². The molecule has 138 valence electrons. The van der Waals surface area contributed by atoms with Crippen LogP contribution >= 0.6 is 0 Å². The molecule has 0 spiro atoms. The maximum atomic E-state index is 12.6. The summed E-state index contributed by atoms with van der Waals surface area (Å²) in [5, 5.41) is 0. The van der Waals surface area contributed by atoms with Crippen molar-refractivity contribution in [2.24, 2.45) is 0 Å². The first kappa shape index (κ1) is 18.2. The summed E-state index contributed by atoms with van der Waals surface area (Å²) in [6.45, 7) is 1.70. The molecule has 0 aromatic heterocycles. The van der Waals surface area contributed by atoms with E-state index in [2.05, 4.69) is 17.0 Å². The topological polar surface area (TPSA) is 26.8 Å². The Balaban J connectivity index is 1.54. The zero-order chi connectivity index (χ0) is 18.0. The molecule has 7 heteroatoms. The number of likely N-dealkylation sites (N-methyl/N-ethyl adjacent to an activating group) is 1. The van der Waals surface area contributed by atoms with Crippen LogP contribution < -0.4 is 0 Å². The van der Waals surface area contributed by atoms with Gasteiger partial charge in [0.25, 0.3) is 0 Å². The van der Waals surface area contributed by atoms with Crippen LogP contribution in [0.2, 0.25) is 0 Å². The molecule has 0 aliphatic carbocycles. The van der Waals surface area contributed by atoms with E-state index in [1.54, 1.807) is 0 Å². The van der Waals surface area contributed by atoms with Crippen molar-refractivity contribution in [1.82, 2.24) is 14.7 Å². The first-order valence-electron chi connectivity index (χ1n) is 8.67. The van der Waals surface area contributed by atoms with Crippen molar-refractivity contribution in [2.75, 3.05) is 33.2 Å². The molecule has 25 heavy (non-hydrogen) atoms. The first-order chi connectivity index (χ1) is 11.8. The fraction of sp³-hybridized carbons (Fsp3) is 0.611. The summed E-state index contributed by atoms with van der Waals surface area (Å²) >= 11 is 0. The Morgan fingerprint density at radius 1 is 1.16 bits per heavy atom. The SMILES string of the molecule is CN([C@H]1CCN(Cc2ccccc2)C1)[C@@H]1CCN(CC(F)(F)F)C1=O. The summed E-state index contributed by atoms with van der Waals surface area (Å²) in [4.78, 5) is 17.6. The van der Waals surface area contributed by atoms with Crippen molar-refractivity contribution >= 4 is 5.91 Å². The quantitative estimate of drug-likeness (QED) is 0.811. The molecule has 4 nitrogen and oxygen atoms in total. The molecule has 1 aromatic rings. The monoisotopic (exact) mass is 355 g/mol. The number of benzene rings is 1. The molecule has 2 saturated heterocycles. The molecule has 2 fully saturated rings. The molecule has 0 unspecified atom stereocenters. The highest BCUT2D eigenvalue weighted by molar-refractivity contribution is 5.84. The zero-order valence-corrected chi connectivity index (χ0v) is 14.4.